The summed E-state index contributed by atoms with van der Waals surface area (Å²) in [6.45, 7) is 0. The minimum Gasteiger partial charge on any atom is -0.298 e. The van der Waals surface area contributed by atoms with Crippen molar-refractivity contribution in [1.82, 2.24) is 5.43 Å². The number of amides is 1. The maximum absolute atomic E-state index is 12.9. The average Bonchev–Trinajstić information content (AvgIpc) is 3.05. The van der Waals surface area contributed by atoms with E-state index >= 15 is 0 Å². The van der Waals surface area contributed by atoms with Crippen molar-refractivity contribution in [3.63, 3.8) is 0 Å². The molecule has 1 aliphatic carbocycles. The van der Waals surface area contributed by atoms with Crippen LogP contribution in [0.2, 0.25) is 0 Å². The SMILES string of the molecule is O=C(NNc1ccccc1C(F)(F)F)c1cc2c(s1)CCC2. The molecule has 1 heterocycles. The van der Waals surface area contributed by atoms with Gasteiger partial charge in [0.2, 0.25) is 0 Å². The van der Waals surface area contributed by atoms with Crippen LogP contribution in [0.4, 0.5) is 18.9 Å². The maximum Gasteiger partial charge on any atom is 0.418 e. The van der Waals surface area contributed by atoms with Crippen LogP contribution in [0.5, 0.6) is 0 Å². The smallest absolute Gasteiger partial charge is 0.298 e. The highest BCUT2D eigenvalue weighted by atomic mass is 32.1. The molecule has 0 saturated heterocycles. The Morgan fingerprint density at radius 1 is 1.18 bits per heavy atom. The zero-order chi connectivity index (χ0) is 15.7. The number of hydrogen-bond acceptors (Lipinski definition) is 3. The van der Waals surface area contributed by atoms with E-state index in [4.69, 9.17) is 0 Å². The topological polar surface area (TPSA) is 41.1 Å². The van der Waals surface area contributed by atoms with Gasteiger partial charge in [0.15, 0.2) is 0 Å². The Hall–Kier alpha value is -2.02. The predicted molar refractivity (Wildman–Crippen MR) is 78.9 cm³/mol. The van der Waals surface area contributed by atoms with E-state index in [1.165, 1.54) is 40.0 Å². The van der Waals surface area contributed by atoms with Gasteiger partial charge >= 0.3 is 6.18 Å². The second-order valence-electron chi connectivity index (χ2n) is 5.04. The van der Waals surface area contributed by atoms with Crippen LogP contribution in [0.25, 0.3) is 0 Å². The van der Waals surface area contributed by atoms with E-state index in [2.05, 4.69) is 10.9 Å². The highest BCUT2D eigenvalue weighted by molar-refractivity contribution is 7.14. The van der Waals surface area contributed by atoms with Crippen molar-refractivity contribution in [2.45, 2.75) is 25.4 Å². The fourth-order valence-corrected chi connectivity index (χ4v) is 3.61. The van der Waals surface area contributed by atoms with E-state index in [1.54, 1.807) is 0 Å². The highest BCUT2D eigenvalue weighted by Gasteiger charge is 2.33. The van der Waals surface area contributed by atoms with Crippen LogP contribution < -0.4 is 10.9 Å². The van der Waals surface area contributed by atoms with Crippen LogP contribution in [-0.2, 0) is 19.0 Å². The van der Waals surface area contributed by atoms with E-state index in [0.29, 0.717) is 4.88 Å². The van der Waals surface area contributed by atoms with E-state index in [9.17, 15) is 18.0 Å². The zero-order valence-electron chi connectivity index (χ0n) is 11.5. The van der Waals surface area contributed by atoms with Crippen LogP contribution in [0, 0.1) is 0 Å². The van der Waals surface area contributed by atoms with Gasteiger partial charge in [0, 0.05) is 4.88 Å². The molecule has 0 bridgehead atoms. The summed E-state index contributed by atoms with van der Waals surface area (Å²) >= 11 is 1.40. The summed E-state index contributed by atoms with van der Waals surface area (Å²) in [6.07, 6.45) is -1.44. The molecule has 0 atom stereocenters. The monoisotopic (exact) mass is 326 g/mol. The number of aryl methyl sites for hydroxylation is 2. The molecule has 7 heteroatoms. The second-order valence-corrected chi connectivity index (χ2v) is 6.17. The maximum atomic E-state index is 12.9. The largest absolute Gasteiger partial charge is 0.418 e. The van der Waals surface area contributed by atoms with Gasteiger partial charge in [-0.1, -0.05) is 12.1 Å². The van der Waals surface area contributed by atoms with Crippen molar-refractivity contribution in [2.75, 3.05) is 5.43 Å². The lowest BCUT2D eigenvalue weighted by atomic mass is 10.2. The second kappa shape index (κ2) is 5.64. The molecule has 116 valence electrons. The Bertz CT molecular complexity index is 688. The molecule has 3 rings (SSSR count). The normalized spacial score (nSPS) is 13.8. The van der Waals surface area contributed by atoms with Gasteiger partial charge in [0.1, 0.15) is 0 Å². The molecule has 2 N–H and O–H groups in total. The Kier molecular flexibility index (Phi) is 3.82. The van der Waals surface area contributed by atoms with Crippen LogP contribution in [-0.4, -0.2) is 5.91 Å². The summed E-state index contributed by atoms with van der Waals surface area (Å²) in [5.41, 5.74) is 4.89. The number of anilines is 1. The van der Waals surface area contributed by atoms with Crippen molar-refractivity contribution in [3.8, 4) is 0 Å². The van der Waals surface area contributed by atoms with Crippen molar-refractivity contribution in [1.29, 1.82) is 0 Å². The summed E-state index contributed by atoms with van der Waals surface area (Å²) in [6, 6.07) is 6.84. The molecule has 22 heavy (non-hydrogen) atoms. The van der Waals surface area contributed by atoms with Crippen molar-refractivity contribution in [3.05, 3.63) is 51.2 Å². The Balaban J connectivity index is 1.71. The summed E-state index contributed by atoms with van der Waals surface area (Å²) in [7, 11) is 0. The molecule has 0 spiro atoms. The molecule has 0 saturated carbocycles. The minimum atomic E-state index is -4.47. The standard InChI is InChI=1S/C15H13F3N2OS/c16-15(17,18)10-5-1-2-6-11(10)19-20-14(21)13-8-9-4-3-7-12(9)22-13/h1-2,5-6,8,19H,3-4,7H2,(H,20,21). The lowest BCUT2D eigenvalue weighted by molar-refractivity contribution is -0.137. The minimum absolute atomic E-state index is 0.174. The molecular weight excluding hydrogens is 313 g/mol. The average molecular weight is 326 g/mol. The number of benzene rings is 1. The summed E-state index contributed by atoms with van der Waals surface area (Å²) in [4.78, 5) is 13.8. The molecule has 0 fully saturated rings. The van der Waals surface area contributed by atoms with Crippen LogP contribution in [0.15, 0.2) is 30.3 Å². The lowest BCUT2D eigenvalue weighted by Gasteiger charge is -2.14. The first-order chi connectivity index (χ1) is 10.4. The third-order valence-corrected chi connectivity index (χ3v) is 4.75. The number of thiophene rings is 1. The van der Waals surface area contributed by atoms with Gasteiger partial charge < -0.3 is 0 Å². The number of carbonyl (C=O) groups is 1. The number of hydrogen-bond donors (Lipinski definition) is 2. The van der Waals surface area contributed by atoms with Gasteiger partial charge in [0.05, 0.1) is 16.1 Å². The fraction of sp³-hybridized carbons (Fsp3) is 0.267. The van der Waals surface area contributed by atoms with Gasteiger partial charge in [-0.2, -0.15) is 13.2 Å². The Morgan fingerprint density at radius 3 is 2.68 bits per heavy atom. The Morgan fingerprint density at radius 2 is 1.95 bits per heavy atom. The van der Waals surface area contributed by atoms with Gasteiger partial charge in [-0.3, -0.25) is 15.6 Å². The van der Waals surface area contributed by atoms with Crippen LogP contribution in [0.1, 0.15) is 32.1 Å². The third kappa shape index (κ3) is 2.94. The fourth-order valence-electron chi connectivity index (χ4n) is 2.47. The number of carbonyl (C=O) groups excluding carboxylic acids is 1. The number of nitrogens with one attached hydrogen (secondary N) is 2. The quantitative estimate of drug-likeness (QED) is 0.837. The third-order valence-electron chi connectivity index (χ3n) is 3.51. The van der Waals surface area contributed by atoms with E-state index < -0.39 is 17.6 Å². The van der Waals surface area contributed by atoms with Crippen LogP contribution in [0.3, 0.4) is 0 Å². The molecular formula is C15H13F3N2OS. The first-order valence-corrected chi connectivity index (χ1v) is 7.61. The lowest BCUT2D eigenvalue weighted by Crippen LogP contribution is -2.30. The highest BCUT2D eigenvalue weighted by Crippen LogP contribution is 2.34. The van der Waals surface area contributed by atoms with Gasteiger partial charge in [-0.15, -0.1) is 11.3 Å². The van der Waals surface area contributed by atoms with Crippen molar-refractivity contribution < 1.29 is 18.0 Å². The van der Waals surface area contributed by atoms with Crippen LogP contribution >= 0.6 is 11.3 Å². The molecule has 0 radical (unpaired) electrons. The molecule has 0 aliphatic heterocycles. The number of fused-ring (bicyclic) bond motifs is 1. The molecule has 1 aliphatic rings. The van der Waals surface area contributed by atoms with Gasteiger partial charge in [0.25, 0.3) is 5.91 Å². The summed E-state index contributed by atoms with van der Waals surface area (Å²) in [5, 5.41) is 0. The number of rotatable bonds is 3. The number of halogens is 3. The summed E-state index contributed by atoms with van der Waals surface area (Å²) in [5.74, 6) is -0.420. The van der Waals surface area contributed by atoms with Crippen molar-refractivity contribution >= 4 is 22.9 Å². The molecule has 1 aromatic heterocycles. The molecule has 1 aromatic carbocycles. The van der Waals surface area contributed by atoms with Gasteiger partial charge in [-0.05, 0) is 43.0 Å². The van der Waals surface area contributed by atoms with E-state index in [0.717, 1.165) is 25.3 Å². The first-order valence-electron chi connectivity index (χ1n) is 6.79. The first kappa shape index (κ1) is 14.9. The molecule has 3 nitrogen and oxygen atoms in total. The molecule has 2 aromatic rings. The molecule has 1 amide bonds. The van der Waals surface area contributed by atoms with Crippen molar-refractivity contribution in [2.24, 2.45) is 0 Å². The molecule has 0 unspecified atom stereocenters. The number of para-hydroxylation sites is 1. The zero-order valence-corrected chi connectivity index (χ0v) is 12.3. The number of hydrazine groups is 1. The predicted octanol–water partition coefficient (Wildman–Crippen LogP) is 4.01. The number of alkyl halides is 3. The summed E-state index contributed by atoms with van der Waals surface area (Å²) < 4.78 is 38.6. The Labute approximate surface area is 129 Å². The van der Waals surface area contributed by atoms with E-state index in [-0.39, 0.29) is 5.69 Å². The van der Waals surface area contributed by atoms with Gasteiger partial charge in [-0.25, -0.2) is 0 Å². The van der Waals surface area contributed by atoms with E-state index in [1.807, 2.05) is 6.07 Å².